The van der Waals surface area contributed by atoms with Crippen molar-refractivity contribution in [2.45, 2.75) is 38.0 Å². The molecule has 0 aliphatic carbocycles. The van der Waals surface area contributed by atoms with Crippen LogP contribution in [0.2, 0.25) is 15.1 Å². The zero-order valence-corrected chi connectivity index (χ0v) is 30.2. The SMILES string of the molecule is COc1ccc(C(Cc2c(Cl)c[n+]([O-])cc2Cl)OC(=O)c2ccc(CN(C(=O)O[C@H]3CN4CCC3CC4)c3cccc(O)c3Cl)cc2)cc1OC. The Balaban J connectivity index is 1.23. The highest BCUT2D eigenvalue weighted by molar-refractivity contribution is 6.35. The summed E-state index contributed by atoms with van der Waals surface area (Å²) in [4.78, 5) is 31.0. The summed E-state index contributed by atoms with van der Waals surface area (Å²) in [5.74, 6) is 0.399. The fraction of sp³-hybridized carbons (Fsp3) is 0.324. The molecule has 11 nitrogen and oxygen atoms in total. The average Bonchev–Trinajstić information content (AvgIpc) is 3.13. The maximum absolute atomic E-state index is 13.7. The number of piperidine rings is 3. The van der Waals surface area contributed by atoms with Gasteiger partial charge in [0.05, 0.1) is 32.0 Å². The first-order valence-electron chi connectivity index (χ1n) is 16.3. The molecule has 3 aromatic carbocycles. The Kier molecular flexibility index (Phi) is 11.3. The van der Waals surface area contributed by atoms with E-state index < -0.39 is 18.2 Å². The lowest BCUT2D eigenvalue weighted by Crippen LogP contribution is -2.53. The Labute approximate surface area is 310 Å². The van der Waals surface area contributed by atoms with Crippen molar-refractivity contribution in [1.29, 1.82) is 0 Å². The first kappa shape index (κ1) is 36.4. The van der Waals surface area contributed by atoms with Crippen molar-refractivity contribution in [3.63, 3.8) is 0 Å². The molecule has 0 radical (unpaired) electrons. The highest BCUT2D eigenvalue weighted by Crippen LogP contribution is 2.38. The van der Waals surface area contributed by atoms with Crippen molar-refractivity contribution < 1.29 is 38.4 Å². The lowest BCUT2D eigenvalue weighted by Gasteiger charge is -2.44. The predicted octanol–water partition coefficient (Wildman–Crippen LogP) is 7.38. The molecule has 4 heterocycles. The molecule has 268 valence electrons. The number of esters is 1. The number of anilines is 1. The zero-order valence-electron chi connectivity index (χ0n) is 27.9. The van der Waals surface area contributed by atoms with Gasteiger partial charge in [-0.05, 0) is 79.4 Å². The third-order valence-corrected chi connectivity index (χ3v) is 10.4. The van der Waals surface area contributed by atoms with Crippen LogP contribution in [0.4, 0.5) is 10.5 Å². The number of hydrogen-bond acceptors (Lipinski definition) is 9. The lowest BCUT2D eigenvalue weighted by atomic mass is 9.86. The van der Waals surface area contributed by atoms with E-state index in [1.165, 1.54) is 37.6 Å². The molecule has 51 heavy (non-hydrogen) atoms. The van der Waals surface area contributed by atoms with Crippen LogP contribution < -0.4 is 19.1 Å². The summed E-state index contributed by atoms with van der Waals surface area (Å²) in [5, 5.41) is 22.5. The highest BCUT2D eigenvalue weighted by Gasteiger charge is 2.38. The normalized spacial score (nSPS) is 18.5. The Hall–Kier alpha value is -4.42. The Bertz CT molecular complexity index is 1880. The molecule has 2 atom stereocenters. The first-order chi connectivity index (χ1) is 24.5. The molecule has 1 aromatic heterocycles. The van der Waals surface area contributed by atoms with E-state index in [2.05, 4.69) is 4.90 Å². The van der Waals surface area contributed by atoms with Gasteiger partial charge < -0.3 is 29.3 Å². The van der Waals surface area contributed by atoms with Gasteiger partial charge in [0.15, 0.2) is 23.9 Å². The van der Waals surface area contributed by atoms with E-state index in [0.29, 0.717) is 51.1 Å². The second-order valence-electron chi connectivity index (χ2n) is 12.5. The van der Waals surface area contributed by atoms with Gasteiger partial charge in [-0.1, -0.05) is 59.1 Å². The first-order valence-corrected chi connectivity index (χ1v) is 17.4. The molecule has 1 N–H and O–H groups in total. The maximum atomic E-state index is 13.7. The quantitative estimate of drug-likeness (QED) is 0.0949. The second kappa shape index (κ2) is 15.9. The van der Waals surface area contributed by atoms with Crippen molar-refractivity contribution in [3.8, 4) is 17.2 Å². The number of carbonyl (C=O) groups is 2. The van der Waals surface area contributed by atoms with E-state index in [1.807, 2.05) is 0 Å². The molecule has 3 saturated heterocycles. The van der Waals surface area contributed by atoms with Crippen molar-refractivity contribution in [2.24, 2.45) is 5.92 Å². The van der Waals surface area contributed by atoms with Crippen molar-refractivity contribution in [3.05, 3.63) is 116 Å². The summed E-state index contributed by atoms with van der Waals surface area (Å²) < 4.78 is 23.4. The van der Waals surface area contributed by atoms with Gasteiger partial charge in [0.2, 0.25) is 0 Å². The Morgan fingerprint density at radius 1 is 0.980 bits per heavy atom. The molecule has 7 rings (SSSR count). The van der Waals surface area contributed by atoms with Gasteiger partial charge in [0.25, 0.3) is 0 Å². The van der Waals surface area contributed by atoms with Gasteiger partial charge in [-0.25, -0.2) is 9.59 Å². The lowest BCUT2D eigenvalue weighted by molar-refractivity contribution is -0.605. The maximum Gasteiger partial charge on any atom is 0.414 e. The van der Waals surface area contributed by atoms with E-state index >= 15 is 0 Å². The number of halogens is 3. The molecule has 0 saturated carbocycles. The third-order valence-electron chi connectivity index (χ3n) is 9.32. The number of pyridine rings is 1. The van der Waals surface area contributed by atoms with Crippen LogP contribution in [-0.2, 0) is 22.4 Å². The summed E-state index contributed by atoms with van der Waals surface area (Å²) in [6.07, 6.45) is 2.64. The molecular formula is C37H36Cl3N3O8. The highest BCUT2D eigenvalue weighted by atomic mass is 35.5. The summed E-state index contributed by atoms with van der Waals surface area (Å²) >= 11 is 19.3. The van der Waals surface area contributed by atoms with Crippen LogP contribution in [0, 0.1) is 11.1 Å². The summed E-state index contributed by atoms with van der Waals surface area (Å²) in [6, 6.07) is 16.4. The van der Waals surface area contributed by atoms with Crippen LogP contribution in [0.15, 0.2) is 73.1 Å². The number of amides is 1. The molecule has 3 fully saturated rings. The monoisotopic (exact) mass is 755 g/mol. The Morgan fingerprint density at radius 3 is 2.29 bits per heavy atom. The summed E-state index contributed by atoms with van der Waals surface area (Å²) in [7, 11) is 3.01. The minimum absolute atomic E-state index is 0.0217. The predicted molar refractivity (Wildman–Crippen MR) is 192 cm³/mol. The van der Waals surface area contributed by atoms with Crippen LogP contribution in [0.3, 0.4) is 0 Å². The number of nitrogens with zero attached hydrogens (tertiary/aromatic N) is 3. The van der Waals surface area contributed by atoms with Crippen LogP contribution in [0.5, 0.6) is 17.2 Å². The van der Waals surface area contributed by atoms with Crippen molar-refractivity contribution in [2.75, 3.05) is 38.8 Å². The molecule has 3 aliphatic rings. The topological polar surface area (TPSA) is 125 Å². The minimum Gasteiger partial charge on any atom is -0.619 e. The van der Waals surface area contributed by atoms with Gasteiger partial charge in [0, 0.05) is 18.5 Å². The van der Waals surface area contributed by atoms with Gasteiger partial charge in [-0.15, -0.1) is 0 Å². The van der Waals surface area contributed by atoms with E-state index in [-0.39, 0.29) is 45.5 Å². The number of fused-ring (bicyclic) bond motifs is 3. The molecule has 14 heteroatoms. The number of ether oxygens (including phenoxy) is 4. The van der Waals surface area contributed by atoms with E-state index in [0.717, 1.165) is 25.9 Å². The van der Waals surface area contributed by atoms with E-state index in [9.17, 15) is 19.9 Å². The average molecular weight is 757 g/mol. The van der Waals surface area contributed by atoms with E-state index in [4.69, 9.17) is 53.8 Å². The number of phenols is 1. The summed E-state index contributed by atoms with van der Waals surface area (Å²) in [6.45, 7) is 2.73. The summed E-state index contributed by atoms with van der Waals surface area (Å²) in [5.41, 5.74) is 2.20. The smallest absolute Gasteiger partial charge is 0.414 e. The number of aromatic nitrogens is 1. The largest absolute Gasteiger partial charge is 0.619 e. The molecule has 0 spiro atoms. The fourth-order valence-electron chi connectivity index (χ4n) is 6.52. The molecule has 4 aromatic rings. The number of benzene rings is 3. The molecule has 2 bridgehead atoms. The third kappa shape index (κ3) is 8.23. The molecule has 3 aliphatic heterocycles. The fourth-order valence-corrected chi connectivity index (χ4v) is 7.35. The number of hydrogen-bond donors (Lipinski definition) is 1. The zero-order chi connectivity index (χ0) is 36.2. The number of rotatable bonds is 11. The molecule has 1 unspecified atom stereocenters. The van der Waals surface area contributed by atoms with Gasteiger partial charge in [-0.2, -0.15) is 4.73 Å². The second-order valence-corrected chi connectivity index (χ2v) is 13.7. The minimum atomic E-state index is -0.890. The van der Waals surface area contributed by atoms with Crippen LogP contribution in [0.25, 0.3) is 0 Å². The van der Waals surface area contributed by atoms with Crippen molar-refractivity contribution in [1.82, 2.24) is 4.90 Å². The van der Waals surface area contributed by atoms with Crippen LogP contribution >= 0.6 is 34.8 Å². The van der Waals surface area contributed by atoms with Gasteiger partial charge in [0.1, 0.15) is 33.0 Å². The molecular weight excluding hydrogens is 721 g/mol. The molecule has 1 amide bonds. The number of carbonyl (C=O) groups excluding carboxylic acids is 2. The van der Waals surface area contributed by atoms with E-state index in [1.54, 1.807) is 54.6 Å². The van der Waals surface area contributed by atoms with Gasteiger partial charge >= 0.3 is 12.1 Å². The standard InChI is InChI=1S/C37H36Cl3N3O8/c1-48-31-11-10-25(16-33(31)49-2)32(17-26-27(38)19-42(47)20-28(26)39)50-36(45)24-8-6-22(7-9-24)18-43(29-4-3-5-30(44)35(29)40)37(46)51-34-21-41-14-12-23(34)13-15-41/h3-11,16,19-20,23,32,34,44H,12-15,17-18,21H2,1-2H3/t32?,34-/m0/s1. The number of phenolic OH excluding ortho intramolecular Hbond substituents is 1. The number of methoxy groups -OCH3 is 2. The van der Waals surface area contributed by atoms with Crippen LogP contribution in [-0.4, -0.2) is 62.0 Å². The Morgan fingerprint density at radius 2 is 1.67 bits per heavy atom. The van der Waals surface area contributed by atoms with Gasteiger partial charge in [-0.3, -0.25) is 9.80 Å². The van der Waals surface area contributed by atoms with Crippen molar-refractivity contribution >= 4 is 52.6 Å². The van der Waals surface area contributed by atoms with Crippen LogP contribution in [0.1, 0.15) is 46.0 Å². The number of aromatic hydroxyl groups is 1.